The van der Waals surface area contributed by atoms with Crippen molar-refractivity contribution < 1.29 is 9.53 Å². The van der Waals surface area contributed by atoms with Crippen molar-refractivity contribution in [1.82, 2.24) is 5.32 Å². The second kappa shape index (κ2) is 6.68. The molecule has 5 nitrogen and oxygen atoms in total. The summed E-state index contributed by atoms with van der Waals surface area (Å²) in [5.41, 5.74) is 6.02. The molecular weight excluding hydrogens is 206 g/mol. The molecule has 0 aliphatic rings. The van der Waals surface area contributed by atoms with Crippen molar-refractivity contribution in [1.29, 1.82) is 0 Å². The second-order valence-corrected chi connectivity index (χ2v) is 3.19. The van der Waals surface area contributed by atoms with Gasteiger partial charge in [-0.2, -0.15) is 0 Å². The van der Waals surface area contributed by atoms with E-state index in [9.17, 15) is 4.79 Å². The van der Waals surface area contributed by atoms with Crippen LogP contribution in [0.15, 0.2) is 24.3 Å². The highest BCUT2D eigenvalue weighted by molar-refractivity contribution is 5.90. The third-order valence-electron chi connectivity index (χ3n) is 1.97. The number of carbonyl (C=O) groups is 1. The second-order valence-electron chi connectivity index (χ2n) is 3.19. The molecule has 0 fully saturated rings. The van der Waals surface area contributed by atoms with Crippen LogP contribution in [0.2, 0.25) is 0 Å². The monoisotopic (exact) mass is 223 g/mol. The Morgan fingerprint density at radius 3 is 2.88 bits per heavy atom. The van der Waals surface area contributed by atoms with Crippen LogP contribution in [0, 0.1) is 0 Å². The lowest BCUT2D eigenvalue weighted by Gasteiger charge is -2.11. The predicted molar refractivity (Wildman–Crippen MR) is 63.7 cm³/mol. The Hall–Kier alpha value is -1.75. The highest BCUT2D eigenvalue weighted by Gasteiger charge is 2.05. The molecule has 16 heavy (non-hydrogen) atoms. The van der Waals surface area contributed by atoms with E-state index >= 15 is 0 Å². The molecule has 0 aromatic heterocycles. The summed E-state index contributed by atoms with van der Waals surface area (Å²) in [5, 5.41) is 5.16. The summed E-state index contributed by atoms with van der Waals surface area (Å²) >= 11 is 0. The smallest absolute Gasteiger partial charge is 0.319 e. The molecule has 2 amide bonds. The number of nitrogens with two attached hydrogens (primary N) is 1. The summed E-state index contributed by atoms with van der Waals surface area (Å²) in [6.45, 7) is 1.13. The quantitative estimate of drug-likeness (QED) is 0.656. The normalized spacial score (nSPS) is 9.62. The van der Waals surface area contributed by atoms with Crippen molar-refractivity contribution >= 4 is 11.7 Å². The van der Waals surface area contributed by atoms with Crippen LogP contribution in [0.3, 0.4) is 0 Å². The van der Waals surface area contributed by atoms with Crippen molar-refractivity contribution in [3.05, 3.63) is 24.3 Å². The predicted octanol–water partition coefficient (Wildman–Crippen LogP) is 1.17. The van der Waals surface area contributed by atoms with E-state index in [0.29, 0.717) is 24.6 Å². The Balaban J connectivity index is 2.63. The van der Waals surface area contributed by atoms with Gasteiger partial charge in [0.05, 0.1) is 12.3 Å². The van der Waals surface area contributed by atoms with Crippen LogP contribution < -0.4 is 21.1 Å². The third kappa shape index (κ3) is 3.78. The molecule has 5 heteroatoms. The van der Waals surface area contributed by atoms with Crippen molar-refractivity contribution in [2.75, 3.05) is 25.5 Å². The number of para-hydroxylation sites is 2. The lowest BCUT2D eigenvalue weighted by atomic mass is 10.3. The maximum Gasteiger partial charge on any atom is 0.319 e. The molecule has 0 spiro atoms. The highest BCUT2D eigenvalue weighted by atomic mass is 16.5. The molecule has 1 aromatic rings. The molecule has 1 aromatic carbocycles. The molecule has 0 unspecified atom stereocenters. The number of nitrogens with one attached hydrogen (secondary N) is 2. The summed E-state index contributed by atoms with van der Waals surface area (Å²) in [5.74, 6) is 0.652. The number of benzene rings is 1. The molecule has 1 rings (SSSR count). The lowest BCUT2D eigenvalue weighted by molar-refractivity contribution is 0.253. The Bertz CT molecular complexity index is 342. The fourth-order valence-corrected chi connectivity index (χ4v) is 1.15. The van der Waals surface area contributed by atoms with E-state index in [1.54, 1.807) is 13.1 Å². The van der Waals surface area contributed by atoms with Crippen molar-refractivity contribution in [2.24, 2.45) is 5.73 Å². The fourth-order valence-electron chi connectivity index (χ4n) is 1.15. The number of rotatable bonds is 5. The van der Waals surface area contributed by atoms with E-state index in [0.717, 1.165) is 6.42 Å². The van der Waals surface area contributed by atoms with E-state index in [2.05, 4.69) is 10.6 Å². The van der Waals surface area contributed by atoms with Crippen LogP contribution in [0.25, 0.3) is 0 Å². The van der Waals surface area contributed by atoms with Gasteiger partial charge >= 0.3 is 6.03 Å². The zero-order chi connectivity index (χ0) is 11.8. The number of hydrogen-bond donors (Lipinski definition) is 3. The topological polar surface area (TPSA) is 76.4 Å². The van der Waals surface area contributed by atoms with Crippen LogP contribution in [-0.2, 0) is 0 Å². The average molecular weight is 223 g/mol. The number of hydrogen-bond acceptors (Lipinski definition) is 3. The fraction of sp³-hybridized carbons (Fsp3) is 0.364. The number of anilines is 1. The van der Waals surface area contributed by atoms with Crippen LogP contribution in [0.5, 0.6) is 5.75 Å². The Morgan fingerprint density at radius 2 is 2.19 bits per heavy atom. The van der Waals surface area contributed by atoms with Crippen molar-refractivity contribution in [3.63, 3.8) is 0 Å². The molecule has 0 radical (unpaired) electrons. The van der Waals surface area contributed by atoms with Crippen LogP contribution >= 0.6 is 0 Å². The third-order valence-corrected chi connectivity index (χ3v) is 1.97. The lowest BCUT2D eigenvalue weighted by Crippen LogP contribution is -2.24. The number of carbonyl (C=O) groups excluding carboxylic acids is 1. The van der Waals surface area contributed by atoms with E-state index in [1.165, 1.54) is 0 Å². The average Bonchev–Trinajstić information content (AvgIpc) is 2.31. The maximum absolute atomic E-state index is 11.2. The zero-order valence-electron chi connectivity index (χ0n) is 9.32. The number of amides is 2. The standard InChI is InChI=1S/C11H17N3O2/c1-13-11(15)14-9-5-2-3-6-10(9)16-8-4-7-12/h2-3,5-6H,4,7-8,12H2,1H3,(H2,13,14,15). The minimum Gasteiger partial charge on any atom is -0.491 e. The SMILES string of the molecule is CNC(=O)Nc1ccccc1OCCCN. The van der Waals surface area contributed by atoms with Gasteiger partial charge in [-0.1, -0.05) is 12.1 Å². The number of urea groups is 1. The largest absolute Gasteiger partial charge is 0.491 e. The van der Waals surface area contributed by atoms with Gasteiger partial charge in [0.15, 0.2) is 0 Å². The van der Waals surface area contributed by atoms with Crippen LogP contribution in [0.4, 0.5) is 10.5 Å². The van der Waals surface area contributed by atoms with E-state index in [4.69, 9.17) is 10.5 Å². The first-order valence-corrected chi connectivity index (χ1v) is 5.18. The van der Waals surface area contributed by atoms with E-state index < -0.39 is 0 Å². The molecule has 0 saturated heterocycles. The van der Waals surface area contributed by atoms with Crippen molar-refractivity contribution in [3.8, 4) is 5.75 Å². The summed E-state index contributed by atoms with van der Waals surface area (Å²) in [6.07, 6.45) is 0.786. The van der Waals surface area contributed by atoms with Crippen molar-refractivity contribution in [2.45, 2.75) is 6.42 Å². The van der Waals surface area contributed by atoms with E-state index in [-0.39, 0.29) is 6.03 Å². The molecule has 0 heterocycles. The summed E-state index contributed by atoms with van der Waals surface area (Å²) in [4.78, 5) is 11.2. The zero-order valence-corrected chi connectivity index (χ0v) is 9.32. The van der Waals surface area contributed by atoms with Gasteiger partial charge in [-0.3, -0.25) is 0 Å². The first-order valence-electron chi connectivity index (χ1n) is 5.18. The van der Waals surface area contributed by atoms with Gasteiger partial charge in [-0.15, -0.1) is 0 Å². The molecule has 0 saturated carbocycles. The minimum atomic E-state index is -0.269. The molecule has 0 aliphatic heterocycles. The first kappa shape index (κ1) is 12.3. The molecule has 0 atom stereocenters. The van der Waals surface area contributed by atoms with Gasteiger partial charge in [0.25, 0.3) is 0 Å². The highest BCUT2D eigenvalue weighted by Crippen LogP contribution is 2.23. The molecular formula is C11H17N3O2. The maximum atomic E-state index is 11.2. The minimum absolute atomic E-state index is 0.269. The molecule has 0 aliphatic carbocycles. The summed E-state index contributed by atoms with van der Waals surface area (Å²) in [6, 6.07) is 7.01. The molecule has 88 valence electrons. The summed E-state index contributed by atoms with van der Waals surface area (Å²) in [7, 11) is 1.56. The van der Waals surface area contributed by atoms with Gasteiger partial charge in [-0.05, 0) is 25.1 Å². The van der Waals surface area contributed by atoms with Gasteiger partial charge in [-0.25, -0.2) is 4.79 Å². The Morgan fingerprint density at radius 1 is 1.44 bits per heavy atom. The van der Waals surface area contributed by atoms with Crippen LogP contribution in [-0.4, -0.2) is 26.2 Å². The molecule has 0 bridgehead atoms. The Kier molecular flexibility index (Phi) is 5.15. The van der Waals surface area contributed by atoms with Gasteiger partial charge in [0.2, 0.25) is 0 Å². The summed E-state index contributed by atoms with van der Waals surface area (Å²) < 4.78 is 5.50. The van der Waals surface area contributed by atoms with Gasteiger partial charge in [0.1, 0.15) is 5.75 Å². The number of ether oxygens (including phenoxy) is 1. The Labute approximate surface area is 95.0 Å². The molecule has 4 N–H and O–H groups in total. The van der Waals surface area contributed by atoms with Crippen LogP contribution in [0.1, 0.15) is 6.42 Å². The van der Waals surface area contributed by atoms with E-state index in [1.807, 2.05) is 18.2 Å². The van der Waals surface area contributed by atoms with Gasteiger partial charge in [0, 0.05) is 7.05 Å². The first-order chi connectivity index (χ1) is 7.77. The van der Waals surface area contributed by atoms with Gasteiger partial charge < -0.3 is 21.1 Å².